The topological polar surface area (TPSA) is 92.7 Å². The Hall–Kier alpha value is -1.26. The smallest absolute Gasteiger partial charge is 0.370 e. The normalized spacial score (nSPS) is 11.9. The zero-order valence-electron chi connectivity index (χ0n) is 9.23. The Morgan fingerprint density at radius 2 is 2.12 bits per heavy atom. The van der Waals surface area contributed by atoms with Gasteiger partial charge in [0.15, 0.2) is 6.16 Å². The molecule has 7 heteroatoms. The molecule has 0 aromatic carbocycles. The van der Waals surface area contributed by atoms with Crippen LogP contribution in [0.2, 0.25) is 0 Å². The SMILES string of the molecule is CCOC(=O)C(=CC[P+](=O)CO)NC(C)=O. The highest BCUT2D eigenvalue weighted by Gasteiger charge is 2.16. The number of amides is 1. The number of nitrogens with one attached hydrogen (secondary N) is 1. The summed E-state index contributed by atoms with van der Waals surface area (Å²) in [5.74, 6) is -1.10. The summed E-state index contributed by atoms with van der Waals surface area (Å²) in [6.07, 6.45) is 0.844. The summed E-state index contributed by atoms with van der Waals surface area (Å²) in [4.78, 5) is 22.1. The molecule has 1 unspecified atom stereocenters. The van der Waals surface area contributed by atoms with Crippen LogP contribution in [0.3, 0.4) is 0 Å². The van der Waals surface area contributed by atoms with Crippen LogP contribution in [-0.4, -0.2) is 36.1 Å². The zero-order valence-corrected chi connectivity index (χ0v) is 10.1. The Bertz CT molecular complexity index is 313. The Balaban J connectivity index is 4.58. The summed E-state index contributed by atoms with van der Waals surface area (Å²) in [7, 11) is -1.80. The molecule has 6 nitrogen and oxygen atoms in total. The van der Waals surface area contributed by atoms with Crippen LogP contribution >= 0.6 is 7.80 Å². The molecule has 0 aromatic rings. The van der Waals surface area contributed by atoms with Crippen molar-refractivity contribution in [3.8, 4) is 0 Å². The minimum Gasteiger partial charge on any atom is -0.461 e. The van der Waals surface area contributed by atoms with Gasteiger partial charge in [0.05, 0.1) is 6.61 Å². The number of hydrogen-bond acceptors (Lipinski definition) is 5. The third-order valence-corrected chi connectivity index (χ3v) is 2.37. The maximum atomic E-state index is 11.3. The second-order valence-corrected chi connectivity index (χ2v) is 4.44. The van der Waals surface area contributed by atoms with Crippen molar-refractivity contribution in [1.29, 1.82) is 0 Å². The van der Waals surface area contributed by atoms with E-state index in [1.165, 1.54) is 13.0 Å². The van der Waals surface area contributed by atoms with Crippen LogP contribution in [-0.2, 0) is 18.9 Å². The number of carbonyl (C=O) groups is 2. The highest BCUT2D eigenvalue weighted by atomic mass is 31.1. The number of ether oxygens (including phenoxy) is 1. The summed E-state index contributed by atoms with van der Waals surface area (Å²) in [5, 5.41) is 10.8. The van der Waals surface area contributed by atoms with Gasteiger partial charge in [0, 0.05) is 6.92 Å². The van der Waals surface area contributed by atoms with Crippen molar-refractivity contribution in [3.63, 3.8) is 0 Å². The molecule has 90 valence electrons. The van der Waals surface area contributed by atoms with E-state index in [2.05, 4.69) is 5.32 Å². The van der Waals surface area contributed by atoms with Crippen molar-refractivity contribution < 1.29 is 24.0 Å². The van der Waals surface area contributed by atoms with Gasteiger partial charge in [0.25, 0.3) is 0 Å². The van der Waals surface area contributed by atoms with E-state index in [9.17, 15) is 14.2 Å². The van der Waals surface area contributed by atoms with Gasteiger partial charge in [-0.05, 0) is 13.0 Å². The predicted octanol–water partition coefficient (Wildman–Crippen LogP) is 0.347. The summed E-state index contributed by atoms with van der Waals surface area (Å²) in [6.45, 7) is 3.07. The Morgan fingerprint density at radius 1 is 1.50 bits per heavy atom. The molecular weight excluding hydrogens is 233 g/mol. The van der Waals surface area contributed by atoms with Gasteiger partial charge in [-0.1, -0.05) is 4.57 Å². The zero-order chi connectivity index (χ0) is 12.6. The average Bonchev–Trinajstić information content (AvgIpc) is 2.23. The lowest BCUT2D eigenvalue weighted by atomic mass is 10.4. The van der Waals surface area contributed by atoms with Gasteiger partial charge in [0.1, 0.15) is 5.70 Å². The molecule has 0 radical (unpaired) electrons. The first-order chi connectivity index (χ1) is 7.51. The second-order valence-electron chi connectivity index (χ2n) is 2.83. The van der Waals surface area contributed by atoms with Crippen LogP contribution in [0.4, 0.5) is 0 Å². The van der Waals surface area contributed by atoms with E-state index < -0.39 is 26.0 Å². The van der Waals surface area contributed by atoms with Crippen LogP contribution in [0.25, 0.3) is 0 Å². The van der Waals surface area contributed by atoms with E-state index in [0.717, 1.165) is 0 Å². The molecule has 0 saturated carbocycles. The molecule has 0 heterocycles. The minimum absolute atomic E-state index is 0.0141. The summed E-state index contributed by atoms with van der Waals surface area (Å²) in [6, 6.07) is 0. The molecule has 0 spiro atoms. The molecule has 0 aliphatic carbocycles. The Kier molecular flexibility index (Phi) is 7.33. The summed E-state index contributed by atoms with van der Waals surface area (Å²) < 4.78 is 15.7. The number of hydrogen-bond donors (Lipinski definition) is 2. The highest BCUT2D eigenvalue weighted by Crippen LogP contribution is 2.18. The first-order valence-electron chi connectivity index (χ1n) is 4.69. The fourth-order valence-corrected chi connectivity index (χ4v) is 1.34. The molecule has 16 heavy (non-hydrogen) atoms. The van der Waals surface area contributed by atoms with Gasteiger partial charge < -0.3 is 15.2 Å². The molecule has 1 atom stereocenters. The molecule has 0 aliphatic rings. The quantitative estimate of drug-likeness (QED) is 0.402. The molecule has 0 rings (SSSR count). The van der Waals surface area contributed by atoms with Crippen LogP contribution in [0.1, 0.15) is 13.8 Å². The van der Waals surface area contributed by atoms with E-state index >= 15 is 0 Å². The lowest BCUT2D eigenvalue weighted by Crippen LogP contribution is -2.26. The highest BCUT2D eigenvalue weighted by molar-refractivity contribution is 7.44. The van der Waals surface area contributed by atoms with Crippen molar-refractivity contribution in [2.45, 2.75) is 13.8 Å². The Morgan fingerprint density at radius 3 is 2.56 bits per heavy atom. The number of rotatable bonds is 6. The van der Waals surface area contributed by atoms with Gasteiger partial charge in [0.2, 0.25) is 12.3 Å². The average molecular weight is 248 g/mol. The molecule has 0 fully saturated rings. The van der Waals surface area contributed by atoms with E-state index in [1.54, 1.807) is 6.92 Å². The molecule has 2 N–H and O–H groups in total. The van der Waals surface area contributed by atoms with Gasteiger partial charge >= 0.3 is 13.8 Å². The molecular formula is C9H15NO5P+. The van der Waals surface area contributed by atoms with Crippen LogP contribution in [0.15, 0.2) is 11.8 Å². The minimum atomic E-state index is -1.80. The Labute approximate surface area is 94.5 Å². The van der Waals surface area contributed by atoms with Crippen molar-refractivity contribution >= 4 is 19.7 Å². The van der Waals surface area contributed by atoms with Crippen LogP contribution in [0.5, 0.6) is 0 Å². The van der Waals surface area contributed by atoms with Gasteiger partial charge in [-0.25, -0.2) is 4.79 Å². The first-order valence-corrected chi connectivity index (χ1v) is 6.32. The summed E-state index contributed by atoms with van der Waals surface area (Å²) >= 11 is 0. The van der Waals surface area contributed by atoms with E-state index in [-0.39, 0.29) is 18.5 Å². The number of aliphatic hydroxyl groups is 1. The van der Waals surface area contributed by atoms with E-state index in [1.807, 2.05) is 0 Å². The second kappa shape index (κ2) is 7.96. The number of carbonyl (C=O) groups excluding carboxylic acids is 2. The fraction of sp³-hybridized carbons (Fsp3) is 0.556. The third-order valence-electron chi connectivity index (χ3n) is 1.46. The van der Waals surface area contributed by atoms with Crippen molar-refractivity contribution in [3.05, 3.63) is 11.8 Å². The first kappa shape index (κ1) is 14.7. The van der Waals surface area contributed by atoms with E-state index in [4.69, 9.17) is 9.84 Å². The predicted molar refractivity (Wildman–Crippen MR) is 58.1 cm³/mol. The molecule has 0 saturated heterocycles. The number of esters is 1. The van der Waals surface area contributed by atoms with Crippen molar-refractivity contribution in [2.24, 2.45) is 0 Å². The van der Waals surface area contributed by atoms with Crippen LogP contribution in [0, 0.1) is 0 Å². The van der Waals surface area contributed by atoms with Crippen LogP contribution < -0.4 is 5.32 Å². The lowest BCUT2D eigenvalue weighted by Gasteiger charge is -2.05. The monoisotopic (exact) mass is 248 g/mol. The maximum absolute atomic E-state index is 11.3. The molecule has 0 bridgehead atoms. The largest absolute Gasteiger partial charge is 0.461 e. The molecule has 0 aromatic heterocycles. The van der Waals surface area contributed by atoms with Gasteiger partial charge in [-0.3, -0.25) is 4.79 Å². The summed E-state index contributed by atoms with van der Waals surface area (Å²) in [5.41, 5.74) is -0.0499. The van der Waals surface area contributed by atoms with Crippen molar-refractivity contribution in [2.75, 3.05) is 19.1 Å². The molecule has 0 aliphatic heterocycles. The standard InChI is InChI=1S/C9H14NO5P/c1-3-15-9(13)8(10-7(2)12)4-5-16(14)6-11/h4,11H,3,5-6H2,1-2H3/p+1. The maximum Gasteiger partial charge on any atom is 0.370 e. The van der Waals surface area contributed by atoms with Gasteiger partial charge in [-0.15, -0.1) is 0 Å². The lowest BCUT2D eigenvalue weighted by molar-refractivity contribution is -0.140. The van der Waals surface area contributed by atoms with Gasteiger partial charge in [-0.2, -0.15) is 0 Å². The third kappa shape index (κ3) is 6.27. The van der Waals surface area contributed by atoms with E-state index in [0.29, 0.717) is 0 Å². The fourth-order valence-electron chi connectivity index (χ4n) is 0.835. The number of aliphatic hydroxyl groups excluding tert-OH is 1. The number of allylic oxidation sites excluding steroid dienone is 1. The van der Waals surface area contributed by atoms with Crippen molar-refractivity contribution in [1.82, 2.24) is 5.32 Å². The molecule has 1 amide bonds.